The number of aliphatic hydroxyl groups is 1. The number of benzene rings is 4. The molecule has 190 valence electrons. The molecule has 1 heterocycles. The molecule has 5 rings (SSSR count). The van der Waals surface area contributed by atoms with Crippen molar-refractivity contribution in [1.82, 2.24) is 9.78 Å². The van der Waals surface area contributed by atoms with Gasteiger partial charge in [-0.25, -0.2) is 9.48 Å². The zero-order chi connectivity index (χ0) is 26.3. The Hall–Kier alpha value is -4.68. The van der Waals surface area contributed by atoms with Gasteiger partial charge in [-0.2, -0.15) is 5.10 Å². The van der Waals surface area contributed by atoms with Crippen LogP contribution >= 0.6 is 0 Å². The van der Waals surface area contributed by atoms with Crippen LogP contribution in [0.15, 0.2) is 109 Å². The van der Waals surface area contributed by atoms with Crippen LogP contribution in [0.1, 0.15) is 12.5 Å². The number of hydrogen-bond acceptors (Lipinski definition) is 5. The van der Waals surface area contributed by atoms with Gasteiger partial charge in [-0.15, -0.1) is 0 Å². The van der Waals surface area contributed by atoms with Crippen LogP contribution in [0.3, 0.4) is 0 Å². The highest BCUT2D eigenvalue weighted by Gasteiger charge is 2.23. The number of rotatable bonds is 9. The Morgan fingerprint density at radius 2 is 1.47 bits per heavy atom. The molecule has 0 aliphatic heterocycles. The summed E-state index contributed by atoms with van der Waals surface area (Å²) in [6.07, 6.45) is 0. The van der Waals surface area contributed by atoms with E-state index < -0.39 is 5.97 Å². The van der Waals surface area contributed by atoms with E-state index in [1.54, 1.807) is 6.92 Å². The van der Waals surface area contributed by atoms with Gasteiger partial charge < -0.3 is 14.6 Å². The molecule has 6 nitrogen and oxygen atoms in total. The van der Waals surface area contributed by atoms with Gasteiger partial charge in [0.2, 0.25) is 0 Å². The number of hydrogen-bond donors (Lipinski definition) is 1. The highest BCUT2D eigenvalue weighted by atomic mass is 16.6. The number of carbonyl (C=O) groups excluding carboxylic acids is 1. The second-order valence-corrected chi connectivity index (χ2v) is 8.61. The summed E-state index contributed by atoms with van der Waals surface area (Å²) in [6.45, 7) is 1.74. The average Bonchev–Trinajstić information content (AvgIpc) is 3.37. The van der Waals surface area contributed by atoms with E-state index in [2.05, 4.69) is 0 Å². The number of nitrogens with zero attached hydrogens (tertiary/aromatic N) is 2. The number of para-hydroxylation sites is 1. The largest absolute Gasteiger partial charge is 0.482 e. The minimum absolute atomic E-state index is 0.157. The molecule has 0 unspecified atom stereocenters. The highest BCUT2D eigenvalue weighted by molar-refractivity contribution is 5.86. The number of esters is 1. The third-order valence-corrected chi connectivity index (χ3v) is 6.18. The molecular formula is C32H28N2O4. The second-order valence-electron chi connectivity index (χ2n) is 8.61. The van der Waals surface area contributed by atoms with Crippen LogP contribution < -0.4 is 4.74 Å². The topological polar surface area (TPSA) is 73.6 Å². The van der Waals surface area contributed by atoms with Gasteiger partial charge in [-0.3, -0.25) is 0 Å². The first-order chi connectivity index (χ1) is 18.7. The highest BCUT2D eigenvalue weighted by Crippen LogP contribution is 2.39. The van der Waals surface area contributed by atoms with Crippen molar-refractivity contribution < 1.29 is 19.4 Å². The third kappa shape index (κ3) is 5.21. The van der Waals surface area contributed by atoms with Crippen LogP contribution in [0.4, 0.5) is 0 Å². The van der Waals surface area contributed by atoms with E-state index in [1.165, 1.54) is 0 Å². The lowest BCUT2D eigenvalue weighted by Crippen LogP contribution is -2.14. The smallest absolute Gasteiger partial charge is 0.344 e. The normalized spacial score (nSPS) is 10.8. The van der Waals surface area contributed by atoms with Gasteiger partial charge in [0.1, 0.15) is 5.75 Å². The predicted molar refractivity (Wildman–Crippen MR) is 148 cm³/mol. The zero-order valence-corrected chi connectivity index (χ0v) is 21.1. The van der Waals surface area contributed by atoms with Crippen LogP contribution in [0.2, 0.25) is 0 Å². The van der Waals surface area contributed by atoms with Gasteiger partial charge in [0, 0.05) is 16.7 Å². The second kappa shape index (κ2) is 11.6. The van der Waals surface area contributed by atoms with E-state index in [0.717, 1.165) is 39.2 Å². The maximum atomic E-state index is 11.8. The Morgan fingerprint density at radius 1 is 0.816 bits per heavy atom. The lowest BCUT2D eigenvalue weighted by Gasteiger charge is -2.12. The van der Waals surface area contributed by atoms with Crippen molar-refractivity contribution in [3.8, 4) is 45.1 Å². The molecule has 6 heteroatoms. The molecule has 0 radical (unpaired) electrons. The molecule has 0 atom stereocenters. The maximum absolute atomic E-state index is 11.8. The standard InChI is InChI=1S/C32H28N2O4/c1-2-37-30(36)22-38-26-17-11-14-24(20-26)27-18-9-10-19-28(27)31-29(21-35)32(23-12-5-3-6-13-23)34(33-31)25-15-7-4-8-16-25/h3-20,35H,2,21-22H2,1H3. The lowest BCUT2D eigenvalue weighted by atomic mass is 9.94. The summed E-state index contributed by atoms with van der Waals surface area (Å²) < 4.78 is 12.5. The SMILES string of the molecule is CCOC(=O)COc1cccc(-c2ccccc2-c2nn(-c3ccccc3)c(-c3ccccc3)c2CO)c1. The van der Waals surface area contributed by atoms with Crippen LogP contribution in [0.25, 0.3) is 39.3 Å². The Labute approximate surface area is 221 Å². The van der Waals surface area contributed by atoms with E-state index in [-0.39, 0.29) is 13.2 Å². The Bertz CT molecular complexity index is 1530. The number of ether oxygens (including phenoxy) is 2. The first-order valence-corrected chi connectivity index (χ1v) is 12.5. The van der Waals surface area contributed by atoms with Gasteiger partial charge >= 0.3 is 5.97 Å². The molecule has 5 aromatic rings. The van der Waals surface area contributed by atoms with Crippen molar-refractivity contribution in [2.75, 3.05) is 13.2 Å². The predicted octanol–water partition coefficient (Wildman–Crippen LogP) is 6.31. The third-order valence-electron chi connectivity index (χ3n) is 6.18. The number of aliphatic hydroxyl groups excluding tert-OH is 1. The average molecular weight is 505 g/mol. The van der Waals surface area contributed by atoms with Crippen LogP contribution in [-0.4, -0.2) is 34.1 Å². The molecule has 1 N–H and O–H groups in total. The van der Waals surface area contributed by atoms with Crippen molar-refractivity contribution in [1.29, 1.82) is 0 Å². The van der Waals surface area contributed by atoms with Crippen molar-refractivity contribution in [3.63, 3.8) is 0 Å². The van der Waals surface area contributed by atoms with Crippen molar-refractivity contribution in [2.45, 2.75) is 13.5 Å². The Kier molecular flexibility index (Phi) is 7.62. The van der Waals surface area contributed by atoms with Gasteiger partial charge in [0.15, 0.2) is 6.61 Å². The molecule has 38 heavy (non-hydrogen) atoms. The minimum atomic E-state index is -0.411. The fourth-order valence-corrected chi connectivity index (χ4v) is 4.50. The van der Waals surface area contributed by atoms with E-state index in [1.807, 2.05) is 114 Å². The molecule has 1 aromatic heterocycles. The summed E-state index contributed by atoms with van der Waals surface area (Å²) in [6, 6.07) is 35.4. The summed E-state index contributed by atoms with van der Waals surface area (Å²) in [7, 11) is 0. The fraction of sp³-hybridized carbons (Fsp3) is 0.125. The summed E-state index contributed by atoms with van der Waals surface area (Å²) in [5.41, 5.74) is 6.86. The van der Waals surface area contributed by atoms with Gasteiger partial charge in [-0.05, 0) is 42.3 Å². The molecular weight excluding hydrogens is 476 g/mol. The van der Waals surface area contributed by atoms with E-state index in [0.29, 0.717) is 18.1 Å². The van der Waals surface area contributed by atoms with Crippen LogP contribution in [0.5, 0.6) is 5.75 Å². The Morgan fingerprint density at radius 3 is 2.18 bits per heavy atom. The minimum Gasteiger partial charge on any atom is -0.482 e. The molecule has 0 spiro atoms. The molecule has 0 bridgehead atoms. The molecule has 4 aromatic carbocycles. The molecule has 0 aliphatic carbocycles. The summed E-state index contributed by atoms with van der Waals surface area (Å²) in [5.74, 6) is 0.151. The van der Waals surface area contributed by atoms with Crippen molar-refractivity contribution in [3.05, 3.63) is 115 Å². The van der Waals surface area contributed by atoms with E-state index in [9.17, 15) is 9.90 Å². The Balaban J connectivity index is 1.63. The number of carbonyl (C=O) groups is 1. The van der Waals surface area contributed by atoms with Crippen LogP contribution in [0, 0.1) is 0 Å². The lowest BCUT2D eigenvalue weighted by molar-refractivity contribution is -0.145. The van der Waals surface area contributed by atoms with Crippen LogP contribution in [-0.2, 0) is 16.1 Å². The molecule has 0 amide bonds. The summed E-state index contributed by atoms with van der Waals surface area (Å²) in [5, 5.41) is 15.7. The molecule has 0 fully saturated rings. The quantitative estimate of drug-likeness (QED) is 0.238. The number of aromatic nitrogens is 2. The van der Waals surface area contributed by atoms with E-state index in [4.69, 9.17) is 14.6 Å². The molecule has 0 saturated heterocycles. The first kappa shape index (κ1) is 25.0. The molecule has 0 aliphatic rings. The zero-order valence-electron chi connectivity index (χ0n) is 21.1. The van der Waals surface area contributed by atoms with Crippen molar-refractivity contribution in [2.24, 2.45) is 0 Å². The van der Waals surface area contributed by atoms with Gasteiger partial charge in [0.05, 0.1) is 30.3 Å². The first-order valence-electron chi connectivity index (χ1n) is 12.5. The van der Waals surface area contributed by atoms with Crippen molar-refractivity contribution >= 4 is 5.97 Å². The summed E-state index contributed by atoms with van der Waals surface area (Å²) >= 11 is 0. The maximum Gasteiger partial charge on any atom is 0.344 e. The van der Waals surface area contributed by atoms with Gasteiger partial charge in [-0.1, -0.05) is 84.9 Å². The molecule has 0 saturated carbocycles. The van der Waals surface area contributed by atoms with E-state index >= 15 is 0 Å². The summed E-state index contributed by atoms with van der Waals surface area (Å²) in [4.78, 5) is 11.8. The monoisotopic (exact) mass is 504 g/mol. The fourth-order valence-electron chi connectivity index (χ4n) is 4.50. The van der Waals surface area contributed by atoms with Gasteiger partial charge in [0.25, 0.3) is 0 Å².